The zero-order valence-electron chi connectivity index (χ0n) is 13.3. The number of rotatable bonds is 7. The average molecular weight is 336 g/mol. The Morgan fingerprint density at radius 3 is 2.00 bits per heavy atom. The van der Waals surface area contributed by atoms with Crippen LogP contribution >= 0.6 is 24.2 Å². The fourth-order valence-electron chi connectivity index (χ4n) is 3.80. The first kappa shape index (κ1) is 19.6. The van der Waals surface area contributed by atoms with Crippen molar-refractivity contribution in [2.24, 2.45) is 17.6 Å². The van der Waals surface area contributed by atoms with E-state index in [9.17, 15) is 5.11 Å². The maximum Gasteiger partial charge on any atom is 0.0781 e. The zero-order chi connectivity index (χ0) is 14.2. The van der Waals surface area contributed by atoms with Crippen LogP contribution in [0.2, 0.25) is 0 Å². The highest BCUT2D eigenvalue weighted by Crippen LogP contribution is 2.29. The van der Waals surface area contributed by atoms with Crippen LogP contribution in [0.1, 0.15) is 70.6 Å². The normalized spacial score (nSPS) is 24.3. The van der Waals surface area contributed by atoms with Crippen molar-refractivity contribution in [1.82, 2.24) is 0 Å². The summed E-state index contributed by atoms with van der Waals surface area (Å²) < 4.78 is 0. The second-order valence-corrected chi connectivity index (χ2v) is 8.09. The molecule has 0 aliphatic heterocycles. The number of halogens is 1. The van der Waals surface area contributed by atoms with Crippen molar-refractivity contribution in [3.05, 3.63) is 0 Å². The van der Waals surface area contributed by atoms with Crippen molar-refractivity contribution < 1.29 is 5.11 Å². The zero-order valence-corrected chi connectivity index (χ0v) is 15.0. The predicted molar refractivity (Wildman–Crippen MR) is 96.3 cm³/mol. The molecule has 2 fully saturated rings. The maximum absolute atomic E-state index is 10.2. The number of aliphatic hydroxyl groups is 1. The lowest BCUT2D eigenvalue weighted by Gasteiger charge is -2.27. The van der Waals surface area contributed by atoms with Gasteiger partial charge in [0.05, 0.1) is 6.10 Å². The fraction of sp³-hybridized carbons (Fsp3) is 1.00. The monoisotopic (exact) mass is 335 g/mol. The van der Waals surface area contributed by atoms with E-state index >= 15 is 0 Å². The number of nitrogens with two attached hydrogens (primary N) is 1. The Kier molecular flexibility index (Phi) is 10.4. The van der Waals surface area contributed by atoms with Crippen LogP contribution < -0.4 is 5.73 Å². The van der Waals surface area contributed by atoms with Gasteiger partial charge in [-0.3, -0.25) is 0 Å². The van der Waals surface area contributed by atoms with E-state index in [1.54, 1.807) is 0 Å². The molecule has 0 heterocycles. The minimum Gasteiger partial charge on any atom is -0.391 e. The lowest BCUT2D eigenvalue weighted by Crippen LogP contribution is -2.38. The molecule has 2 nitrogen and oxygen atoms in total. The summed E-state index contributed by atoms with van der Waals surface area (Å²) in [6.07, 6.45) is 14.6. The van der Waals surface area contributed by atoms with E-state index in [1.165, 1.54) is 70.0 Å². The summed E-state index contributed by atoms with van der Waals surface area (Å²) in [6, 6.07) is -0.00282. The highest BCUT2D eigenvalue weighted by atomic mass is 35.5. The van der Waals surface area contributed by atoms with Crippen molar-refractivity contribution >= 4 is 24.2 Å². The van der Waals surface area contributed by atoms with Gasteiger partial charge in [0.15, 0.2) is 0 Å². The molecular weight excluding hydrogens is 302 g/mol. The average Bonchev–Trinajstić information content (AvgIpc) is 2.49. The third-order valence-corrected chi connectivity index (χ3v) is 6.48. The second-order valence-electron chi connectivity index (χ2n) is 7.01. The Morgan fingerprint density at radius 2 is 1.43 bits per heavy atom. The molecular formula is C17H34ClNOS. The maximum atomic E-state index is 10.2. The van der Waals surface area contributed by atoms with Gasteiger partial charge < -0.3 is 10.8 Å². The van der Waals surface area contributed by atoms with Crippen LogP contribution in [-0.4, -0.2) is 28.8 Å². The van der Waals surface area contributed by atoms with E-state index < -0.39 is 0 Å². The second kappa shape index (κ2) is 11.2. The molecule has 0 radical (unpaired) electrons. The van der Waals surface area contributed by atoms with Crippen LogP contribution in [0.4, 0.5) is 0 Å². The Balaban J connectivity index is 0.00000220. The first-order chi connectivity index (χ1) is 9.75. The van der Waals surface area contributed by atoms with Crippen LogP contribution in [0.15, 0.2) is 0 Å². The summed E-state index contributed by atoms with van der Waals surface area (Å²) in [6.45, 7) is 0. The Bertz CT molecular complexity index is 255. The van der Waals surface area contributed by atoms with Crippen LogP contribution in [0, 0.1) is 11.8 Å². The lowest BCUT2D eigenvalue weighted by atomic mass is 9.84. The van der Waals surface area contributed by atoms with Gasteiger partial charge in [-0.05, 0) is 36.9 Å². The Hall–Kier alpha value is 0.560. The summed E-state index contributed by atoms with van der Waals surface area (Å²) in [7, 11) is 0. The molecule has 2 aliphatic rings. The SMILES string of the molecule is Cl.NC(CC1CCCCC1)C(O)CSCC1CCCCC1. The van der Waals surface area contributed by atoms with Crippen molar-refractivity contribution in [2.45, 2.75) is 82.8 Å². The topological polar surface area (TPSA) is 46.2 Å². The molecule has 0 spiro atoms. The molecule has 0 amide bonds. The molecule has 126 valence electrons. The number of hydrogen-bond donors (Lipinski definition) is 2. The standard InChI is InChI=1S/C17H33NOS.ClH/c18-16(11-14-7-3-1-4-8-14)17(19)13-20-12-15-9-5-2-6-10-15;/h14-17,19H,1-13,18H2;1H. The first-order valence-corrected chi connectivity index (χ1v) is 9.92. The Labute approximate surface area is 141 Å². The van der Waals surface area contributed by atoms with Gasteiger partial charge in [0.1, 0.15) is 0 Å². The molecule has 0 aromatic carbocycles. The third kappa shape index (κ3) is 7.58. The van der Waals surface area contributed by atoms with E-state index in [0.717, 1.165) is 24.0 Å². The molecule has 21 heavy (non-hydrogen) atoms. The summed E-state index contributed by atoms with van der Waals surface area (Å²) in [5.41, 5.74) is 6.20. The van der Waals surface area contributed by atoms with Gasteiger partial charge in [0, 0.05) is 11.8 Å². The van der Waals surface area contributed by atoms with E-state index in [1.807, 2.05) is 11.8 Å². The van der Waals surface area contributed by atoms with Gasteiger partial charge in [0.25, 0.3) is 0 Å². The van der Waals surface area contributed by atoms with Crippen LogP contribution in [0.5, 0.6) is 0 Å². The number of aliphatic hydroxyl groups excluding tert-OH is 1. The van der Waals surface area contributed by atoms with Crippen LogP contribution in [0.3, 0.4) is 0 Å². The molecule has 0 aromatic heterocycles. The lowest BCUT2D eigenvalue weighted by molar-refractivity contribution is 0.147. The minimum absolute atomic E-state index is 0. The van der Waals surface area contributed by atoms with E-state index in [2.05, 4.69) is 0 Å². The summed E-state index contributed by atoms with van der Waals surface area (Å²) in [5.74, 6) is 3.74. The van der Waals surface area contributed by atoms with Crippen molar-refractivity contribution in [1.29, 1.82) is 0 Å². The molecule has 0 saturated heterocycles. The van der Waals surface area contributed by atoms with E-state index in [-0.39, 0.29) is 24.6 Å². The first-order valence-electron chi connectivity index (χ1n) is 8.77. The summed E-state index contributed by atoms with van der Waals surface area (Å²) in [5, 5.41) is 10.2. The molecule has 2 aliphatic carbocycles. The number of hydrogen-bond acceptors (Lipinski definition) is 3. The highest BCUT2D eigenvalue weighted by Gasteiger charge is 2.22. The highest BCUT2D eigenvalue weighted by molar-refractivity contribution is 7.99. The molecule has 2 saturated carbocycles. The molecule has 2 rings (SSSR count). The fourth-order valence-corrected chi connectivity index (χ4v) is 5.09. The van der Waals surface area contributed by atoms with Crippen LogP contribution in [-0.2, 0) is 0 Å². The largest absolute Gasteiger partial charge is 0.391 e. The van der Waals surface area contributed by atoms with Crippen molar-refractivity contribution in [3.8, 4) is 0 Å². The minimum atomic E-state index is -0.300. The Morgan fingerprint density at radius 1 is 0.905 bits per heavy atom. The van der Waals surface area contributed by atoms with Gasteiger partial charge in [0.2, 0.25) is 0 Å². The van der Waals surface area contributed by atoms with Gasteiger partial charge in [-0.25, -0.2) is 0 Å². The smallest absolute Gasteiger partial charge is 0.0781 e. The molecule has 3 N–H and O–H groups in total. The van der Waals surface area contributed by atoms with Gasteiger partial charge >= 0.3 is 0 Å². The van der Waals surface area contributed by atoms with Crippen molar-refractivity contribution in [2.75, 3.05) is 11.5 Å². The summed E-state index contributed by atoms with van der Waals surface area (Å²) in [4.78, 5) is 0. The molecule has 4 heteroatoms. The van der Waals surface area contributed by atoms with E-state index in [4.69, 9.17) is 5.73 Å². The molecule has 2 unspecified atom stereocenters. The number of thioether (sulfide) groups is 1. The molecule has 0 bridgehead atoms. The van der Waals surface area contributed by atoms with Gasteiger partial charge in [-0.15, -0.1) is 12.4 Å². The predicted octanol–water partition coefficient (Wildman–Crippen LogP) is 4.38. The third-order valence-electron chi connectivity index (χ3n) is 5.19. The van der Waals surface area contributed by atoms with Crippen LogP contribution in [0.25, 0.3) is 0 Å². The van der Waals surface area contributed by atoms with Crippen molar-refractivity contribution in [3.63, 3.8) is 0 Å². The summed E-state index contributed by atoms with van der Waals surface area (Å²) >= 11 is 1.93. The molecule has 0 aromatic rings. The molecule has 2 atom stereocenters. The van der Waals surface area contributed by atoms with Gasteiger partial charge in [-0.2, -0.15) is 11.8 Å². The quantitative estimate of drug-likeness (QED) is 0.725. The van der Waals surface area contributed by atoms with Gasteiger partial charge in [-0.1, -0.05) is 51.4 Å². The van der Waals surface area contributed by atoms with E-state index in [0.29, 0.717) is 0 Å².